The second kappa shape index (κ2) is 8.15. The van der Waals surface area contributed by atoms with E-state index in [1.54, 1.807) is 4.57 Å². The van der Waals surface area contributed by atoms with Crippen LogP contribution >= 0.6 is 33.9 Å². The lowest BCUT2D eigenvalue weighted by Gasteiger charge is -2.35. The van der Waals surface area contributed by atoms with E-state index in [0.717, 1.165) is 53.1 Å². The Morgan fingerprint density at radius 3 is 2.64 bits per heavy atom. The number of aromatic nitrogens is 1. The van der Waals surface area contributed by atoms with Gasteiger partial charge in [0.05, 0.1) is 10.2 Å². The molecule has 1 aliphatic rings. The van der Waals surface area contributed by atoms with Crippen molar-refractivity contribution in [2.75, 3.05) is 53.4 Å². The summed E-state index contributed by atoms with van der Waals surface area (Å²) < 4.78 is 3.62. The highest BCUT2D eigenvalue weighted by atomic mass is 127. The average molecular weight is 474 g/mol. The number of likely N-dealkylation sites (N-methyl/N-ethyl adjacent to an activating group) is 1. The number of carbonyl (C=O) groups excluding carboxylic acids is 1. The molecule has 0 atom stereocenters. The maximum absolute atomic E-state index is 12.7. The zero-order valence-electron chi connectivity index (χ0n) is 14.6. The first kappa shape index (κ1) is 18.8. The molecular weight excluding hydrogens is 451 g/mol. The molecule has 0 aliphatic carbocycles. The first-order valence-corrected chi connectivity index (χ1v) is 10.3. The Labute approximate surface area is 165 Å². The van der Waals surface area contributed by atoms with Crippen molar-refractivity contribution < 1.29 is 4.79 Å². The molecule has 136 valence electrons. The van der Waals surface area contributed by atoms with Crippen molar-refractivity contribution in [3.05, 3.63) is 31.4 Å². The van der Waals surface area contributed by atoms with Crippen LogP contribution in [0, 0.1) is 3.57 Å². The SMILES string of the molecule is CN(C)CCN1CCN(C(=O)Cn2c(=O)sc3ccc(I)cc32)CC1. The minimum absolute atomic E-state index is 0.0351. The summed E-state index contributed by atoms with van der Waals surface area (Å²) in [5.74, 6) is 0.0351. The molecule has 1 amide bonds. The van der Waals surface area contributed by atoms with E-state index in [1.165, 1.54) is 11.3 Å². The molecule has 0 unspecified atom stereocenters. The third kappa shape index (κ3) is 4.60. The Bertz CT molecular complexity index is 809. The zero-order valence-corrected chi connectivity index (χ0v) is 17.5. The Balaban J connectivity index is 1.63. The van der Waals surface area contributed by atoms with Gasteiger partial charge in [0.15, 0.2) is 0 Å². The second-order valence-corrected chi connectivity index (χ2v) is 8.83. The molecule has 2 aromatic rings. The largest absolute Gasteiger partial charge is 0.339 e. The van der Waals surface area contributed by atoms with Crippen molar-refractivity contribution in [2.24, 2.45) is 0 Å². The maximum Gasteiger partial charge on any atom is 0.308 e. The second-order valence-electron chi connectivity index (χ2n) is 6.59. The monoisotopic (exact) mass is 474 g/mol. The molecule has 1 aromatic heterocycles. The van der Waals surface area contributed by atoms with Crippen molar-refractivity contribution in [2.45, 2.75) is 6.54 Å². The normalized spacial score (nSPS) is 16.1. The van der Waals surface area contributed by atoms with Crippen LogP contribution in [0.2, 0.25) is 0 Å². The smallest absolute Gasteiger partial charge is 0.308 e. The van der Waals surface area contributed by atoms with Crippen LogP contribution in [0.25, 0.3) is 10.2 Å². The van der Waals surface area contributed by atoms with Crippen LogP contribution in [0.5, 0.6) is 0 Å². The highest BCUT2D eigenvalue weighted by Crippen LogP contribution is 2.20. The number of piperazine rings is 1. The topological polar surface area (TPSA) is 48.8 Å². The summed E-state index contributed by atoms with van der Waals surface area (Å²) in [6.45, 7) is 5.47. The predicted molar refractivity (Wildman–Crippen MR) is 110 cm³/mol. The molecule has 1 saturated heterocycles. The summed E-state index contributed by atoms with van der Waals surface area (Å²) in [7, 11) is 4.15. The predicted octanol–water partition coefficient (Wildman–Crippen LogP) is 1.37. The Hall–Kier alpha value is -0.970. The van der Waals surface area contributed by atoms with Gasteiger partial charge in [0.1, 0.15) is 6.54 Å². The molecule has 6 nitrogen and oxygen atoms in total. The number of rotatable bonds is 5. The number of benzene rings is 1. The van der Waals surface area contributed by atoms with E-state index >= 15 is 0 Å². The van der Waals surface area contributed by atoms with Crippen molar-refractivity contribution in [3.63, 3.8) is 0 Å². The summed E-state index contributed by atoms with van der Waals surface area (Å²) in [5.41, 5.74) is 0.861. The number of thiazole rings is 1. The van der Waals surface area contributed by atoms with E-state index in [-0.39, 0.29) is 17.3 Å². The Morgan fingerprint density at radius 2 is 1.96 bits per heavy atom. The minimum atomic E-state index is -0.0602. The lowest BCUT2D eigenvalue weighted by Crippen LogP contribution is -2.50. The summed E-state index contributed by atoms with van der Waals surface area (Å²) in [6, 6.07) is 5.91. The maximum atomic E-state index is 12.7. The number of amides is 1. The molecule has 0 N–H and O–H groups in total. The van der Waals surface area contributed by atoms with Gasteiger partial charge in [-0.05, 0) is 54.9 Å². The van der Waals surface area contributed by atoms with Crippen molar-refractivity contribution >= 4 is 50.1 Å². The molecule has 0 radical (unpaired) electrons. The summed E-state index contributed by atoms with van der Waals surface area (Å²) >= 11 is 3.44. The standard InChI is InChI=1S/C17H23IN4O2S/c1-19(2)5-6-20-7-9-21(10-8-20)16(23)12-22-14-11-13(18)3-4-15(14)25-17(22)24/h3-4,11H,5-10,12H2,1-2H3. The molecule has 8 heteroatoms. The number of nitrogens with zero attached hydrogens (tertiary/aromatic N) is 4. The molecule has 1 fully saturated rings. The molecule has 0 spiro atoms. The third-order valence-corrected chi connectivity index (χ3v) is 6.14. The molecule has 0 bridgehead atoms. The van der Waals surface area contributed by atoms with E-state index in [2.05, 4.69) is 46.5 Å². The summed E-state index contributed by atoms with van der Waals surface area (Å²) in [4.78, 5) is 31.3. The number of hydrogen-bond acceptors (Lipinski definition) is 5. The van der Waals surface area contributed by atoms with Gasteiger partial charge in [-0.3, -0.25) is 19.1 Å². The lowest BCUT2D eigenvalue weighted by atomic mass is 10.3. The van der Waals surface area contributed by atoms with E-state index in [1.807, 2.05) is 23.1 Å². The summed E-state index contributed by atoms with van der Waals surface area (Å²) in [5, 5.41) is 0. The van der Waals surface area contributed by atoms with Crippen LogP contribution in [0.1, 0.15) is 0 Å². The van der Waals surface area contributed by atoms with E-state index in [0.29, 0.717) is 0 Å². The first-order chi connectivity index (χ1) is 11.9. The van der Waals surface area contributed by atoms with Gasteiger partial charge < -0.3 is 9.80 Å². The molecule has 1 aromatic carbocycles. The Kier molecular flexibility index (Phi) is 6.13. The van der Waals surface area contributed by atoms with Gasteiger partial charge in [-0.25, -0.2) is 0 Å². The van der Waals surface area contributed by atoms with Crippen LogP contribution in [-0.2, 0) is 11.3 Å². The lowest BCUT2D eigenvalue weighted by molar-refractivity contribution is -0.133. The number of halogens is 1. The third-order valence-electron chi connectivity index (χ3n) is 4.51. The van der Waals surface area contributed by atoms with E-state index < -0.39 is 0 Å². The van der Waals surface area contributed by atoms with Crippen LogP contribution in [0.3, 0.4) is 0 Å². The van der Waals surface area contributed by atoms with Crippen molar-refractivity contribution in [3.8, 4) is 0 Å². The quantitative estimate of drug-likeness (QED) is 0.615. The van der Waals surface area contributed by atoms with Gasteiger partial charge >= 0.3 is 4.87 Å². The summed E-state index contributed by atoms with van der Waals surface area (Å²) in [6.07, 6.45) is 0. The molecule has 1 aliphatic heterocycles. The fourth-order valence-corrected chi connectivity index (χ4v) is 4.33. The molecule has 3 rings (SSSR count). The zero-order chi connectivity index (χ0) is 18.0. The highest BCUT2D eigenvalue weighted by Gasteiger charge is 2.22. The molecule has 2 heterocycles. The van der Waals surface area contributed by atoms with Gasteiger partial charge in [-0.1, -0.05) is 11.3 Å². The van der Waals surface area contributed by atoms with Gasteiger partial charge in [0.2, 0.25) is 5.91 Å². The number of hydrogen-bond donors (Lipinski definition) is 0. The molecular formula is C17H23IN4O2S. The first-order valence-electron chi connectivity index (χ1n) is 8.38. The van der Waals surface area contributed by atoms with E-state index in [4.69, 9.17) is 0 Å². The van der Waals surface area contributed by atoms with Gasteiger partial charge in [0.25, 0.3) is 0 Å². The minimum Gasteiger partial charge on any atom is -0.339 e. The number of fused-ring (bicyclic) bond motifs is 1. The van der Waals surface area contributed by atoms with Gasteiger partial charge in [-0.2, -0.15) is 0 Å². The van der Waals surface area contributed by atoms with Gasteiger partial charge in [-0.15, -0.1) is 0 Å². The fraction of sp³-hybridized carbons (Fsp3) is 0.529. The van der Waals surface area contributed by atoms with Crippen LogP contribution in [0.15, 0.2) is 23.0 Å². The average Bonchev–Trinajstić information content (AvgIpc) is 2.88. The van der Waals surface area contributed by atoms with Crippen LogP contribution < -0.4 is 4.87 Å². The van der Waals surface area contributed by atoms with Crippen molar-refractivity contribution in [1.29, 1.82) is 0 Å². The van der Waals surface area contributed by atoms with Crippen LogP contribution in [0.4, 0.5) is 0 Å². The fourth-order valence-electron chi connectivity index (χ4n) is 2.98. The van der Waals surface area contributed by atoms with Gasteiger partial charge in [0, 0.05) is 42.8 Å². The highest BCUT2D eigenvalue weighted by molar-refractivity contribution is 14.1. The molecule has 0 saturated carbocycles. The number of carbonyl (C=O) groups is 1. The molecule has 25 heavy (non-hydrogen) atoms. The Morgan fingerprint density at radius 1 is 1.24 bits per heavy atom. The van der Waals surface area contributed by atoms with Crippen molar-refractivity contribution in [1.82, 2.24) is 19.3 Å². The van der Waals surface area contributed by atoms with E-state index in [9.17, 15) is 9.59 Å². The van der Waals surface area contributed by atoms with Crippen LogP contribution in [-0.4, -0.2) is 78.5 Å².